The number of hydrogen-bond donors (Lipinski definition) is 0. The van der Waals surface area contributed by atoms with Gasteiger partial charge in [0.15, 0.2) is 0 Å². The van der Waals surface area contributed by atoms with E-state index in [2.05, 4.69) is 74.6 Å². The molecule has 0 heterocycles. The second-order valence-electron chi connectivity index (χ2n) is 5.62. The lowest BCUT2D eigenvalue weighted by Gasteiger charge is -2.38. The van der Waals surface area contributed by atoms with Gasteiger partial charge in [0.25, 0.3) is 0 Å². The molecule has 0 aliphatic heterocycles. The molecule has 2 aliphatic carbocycles. The Balaban J connectivity index is 2.01. The molecule has 0 saturated heterocycles. The highest BCUT2D eigenvalue weighted by atomic mass is 14.4. The van der Waals surface area contributed by atoms with Crippen LogP contribution >= 0.6 is 0 Å². The minimum absolute atomic E-state index is 0.284. The summed E-state index contributed by atoms with van der Waals surface area (Å²) in [6, 6.07) is 8.80. The molecule has 1 aromatic carbocycles. The fraction of sp³-hybridized carbons (Fsp3) is 0.333. The molecule has 92 valence electrons. The van der Waals surface area contributed by atoms with E-state index >= 15 is 0 Å². The summed E-state index contributed by atoms with van der Waals surface area (Å²) in [5, 5.41) is 0. The molecule has 1 aromatic rings. The van der Waals surface area contributed by atoms with Crippen LogP contribution in [0.2, 0.25) is 0 Å². The number of hydrogen-bond acceptors (Lipinski definition) is 0. The number of benzene rings is 1. The highest BCUT2D eigenvalue weighted by Crippen LogP contribution is 2.50. The van der Waals surface area contributed by atoms with Gasteiger partial charge >= 0.3 is 0 Å². The van der Waals surface area contributed by atoms with Gasteiger partial charge in [-0.15, -0.1) is 0 Å². The number of fused-ring (bicyclic) bond motifs is 1. The van der Waals surface area contributed by atoms with Crippen molar-refractivity contribution >= 4 is 6.08 Å². The Hall–Kier alpha value is -1.56. The summed E-state index contributed by atoms with van der Waals surface area (Å²) >= 11 is 0. The molecule has 0 N–H and O–H groups in total. The normalized spacial score (nSPS) is 24.4. The predicted octanol–water partition coefficient (Wildman–Crippen LogP) is 4.96. The van der Waals surface area contributed by atoms with Crippen molar-refractivity contribution in [2.24, 2.45) is 11.3 Å². The highest BCUT2D eigenvalue weighted by molar-refractivity contribution is 5.63. The Morgan fingerprint density at radius 1 is 1.06 bits per heavy atom. The van der Waals surface area contributed by atoms with Gasteiger partial charge < -0.3 is 0 Å². The molecule has 0 aromatic heterocycles. The van der Waals surface area contributed by atoms with Gasteiger partial charge in [0.2, 0.25) is 0 Å². The van der Waals surface area contributed by atoms with Crippen LogP contribution in [0.3, 0.4) is 0 Å². The molecule has 0 radical (unpaired) electrons. The van der Waals surface area contributed by atoms with Crippen LogP contribution in [0.5, 0.6) is 0 Å². The summed E-state index contributed by atoms with van der Waals surface area (Å²) in [6.07, 6.45) is 14.9. The number of allylic oxidation sites excluding steroid dienone is 5. The third-order valence-corrected chi connectivity index (χ3v) is 4.78. The molecular weight excluding hydrogens is 216 g/mol. The molecule has 0 fully saturated rings. The van der Waals surface area contributed by atoms with Crippen LogP contribution in [0.15, 0.2) is 54.6 Å². The highest BCUT2D eigenvalue weighted by Gasteiger charge is 2.39. The van der Waals surface area contributed by atoms with E-state index in [-0.39, 0.29) is 5.41 Å². The van der Waals surface area contributed by atoms with E-state index < -0.39 is 0 Å². The Morgan fingerprint density at radius 3 is 2.50 bits per heavy atom. The van der Waals surface area contributed by atoms with Crippen molar-refractivity contribution < 1.29 is 0 Å². The van der Waals surface area contributed by atoms with Crippen molar-refractivity contribution in [3.8, 4) is 0 Å². The van der Waals surface area contributed by atoms with Gasteiger partial charge in [-0.2, -0.15) is 0 Å². The summed E-state index contributed by atoms with van der Waals surface area (Å²) in [5.41, 5.74) is 3.18. The molecule has 0 spiro atoms. The maximum absolute atomic E-state index is 2.43. The quantitative estimate of drug-likeness (QED) is 0.696. The lowest BCUT2D eigenvalue weighted by molar-refractivity contribution is 0.227. The molecule has 0 bridgehead atoms. The monoisotopic (exact) mass is 236 g/mol. The topological polar surface area (TPSA) is 0 Å². The van der Waals surface area contributed by atoms with E-state index in [4.69, 9.17) is 0 Å². The average molecular weight is 236 g/mol. The second-order valence-corrected chi connectivity index (χ2v) is 5.62. The Kier molecular flexibility index (Phi) is 2.74. The fourth-order valence-electron chi connectivity index (χ4n) is 3.36. The third-order valence-electron chi connectivity index (χ3n) is 4.78. The molecule has 18 heavy (non-hydrogen) atoms. The van der Waals surface area contributed by atoms with Gasteiger partial charge in [0, 0.05) is 11.8 Å². The van der Waals surface area contributed by atoms with E-state index in [0.29, 0.717) is 11.8 Å². The molecular formula is C18H20. The van der Waals surface area contributed by atoms with Crippen molar-refractivity contribution in [3.05, 3.63) is 65.8 Å². The van der Waals surface area contributed by atoms with E-state index in [9.17, 15) is 0 Å². The van der Waals surface area contributed by atoms with E-state index in [1.165, 1.54) is 17.5 Å². The fourth-order valence-corrected chi connectivity index (χ4v) is 3.36. The summed E-state index contributed by atoms with van der Waals surface area (Å²) < 4.78 is 0. The maximum Gasteiger partial charge on any atom is 0.00896 e. The van der Waals surface area contributed by atoms with Gasteiger partial charge in [-0.1, -0.05) is 74.6 Å². The van der Waals surface area contributed by atoms with Crippen molar-refractivity contribution in [1.29, 1.82) is 0 Å². The molecule has 0 amide bonds. The zero-order chi connectivity index (χ0) is 12.6. The predicted molar refractivity (Wildman–Crippen MR) is 78.4 cm³/mol. The smallest absolute Gasteiger partial charge is 0.00896 e. The second kappa shape index (κ2) is 4.28. The van der Waals surface area contributed by atoms with Gasteiger partial charge in [-0.3, -0.25) is 0 Å². The summed E-state index contributed by atoms with van der Waals surface area (Å²) in [6.45, 7) is 4.74. The van der Waals surface area contributed by atoms with Crippen LogP contribution in [-0.2, 0) is 0 Å². The van der Waals surface area contributed by atoms with Gasteiger partial charge in [-0.25, -0.2) is 0 Å². The minimum atomic E-state index is 0.284. The molecule has 2 atom stereocenters. The van der Waals surface area contributed by atoms with Crippen molar-refractivity contribution in [2.75, 3.05) is 0 Å². The van der Waals surface area contributed by atoms with Crippen molar-refractivity contribution in [3.63, 3.8) is 0 Å². The molecule has 0 saturated carbocycles. The third kappa shape index (κ3) is 1.59. The van der Waals surface area contributed by atoms with Gasteiger partial charge in [-0.05, 0) is 23.0 Å². The SMILES string of the molecule is CCC(C)(C1C=CC=C1)C1C=Cc2ccccc21. The minimum Gasteiger partial charge on any atom is -0.0770 e. The van der Waals surface area contributed by atoms with Gasteiger partial charge in [0.1, 0.15) is 0 Å². The average Bonchev–Trinajstić information content (AvgIpc) is 3.07. The van der Waals surface area contributed by atoms with Crippen molar-refractivity contribution in [1.82, 2.24) is 0 Å². The molecule has 0 nitrogen and oxygen atoms in total. The zero-order valence-electron chi connectivity index (χ0n) is 11.1. The molecule has 0 heteroatoms. The van der Waals surface area contributed by atoms with Crippen molar-refractivity contribution in [2.45, 2.75) is 26.2 Å². The summed E-state index contributed by atoms with van der Waals surface area (Å²) in [7, 11) is 0. The van der Waals surface area contributed by atoms with E-state index in [0.717, 1.165) is 0 Å². The standard InChI is InChI=1S/C18H20/c1-3-18(2,15-9-5-6-10-15)17-13-12-14-8-4-7-11-16(14)17/h4-13,15,17H,3H2,1-2H3. The van der Waals surface area contributed by atoms with Crippen LogP contribution in [-0.4, -0.2) is 0 Å². The Bertz CT molecular complexity index is 521. The number of rotatable bonds is 3. The molecule has 2 unspecified atom stereocenters. The first-order valence-electron chi connectivity index (χ1n) is 6.88. The van der Waals surface area contributed by atoms with Crippen LogP contribution in [0, 0.1) is 11.3 Å². The van der Waals surface area contributed by atoms with E-state index in [1.807, 2.05) is 0 Å². The molecule has 2 aliphatic rings. The van der Waals surface area contributed by atoms with Crippen LogP contribution in [0.4, 0.5) is 0 Å². The van der Waals surface area contributed by atoms with Crippen LogP contribution in [0.25, 0.3) is 6.08 Å². The summed E-state index contributed by atoms with van der Waals surface area (Å²) in [4.78, 5) is 0. The molecule has 3 rings (SSSR count). The van der Waals surface area contributed by atoms with E-state index in [1.54, 1.807) is 0 Å². The maximum atomic E-state index is 2.43. The first-order valence-corrected chi connectivity index (χ1v) is 6.88. The van der Waals surface area contributed by atoms with Crippen LogP contribution < -0.4 is 0 Å². The lowest BCUT2D eigenvalue weighted by Crippen LogP contribution is -2.29. The summed E-state index contributed by atoms with van der Waals surface area (Å²) in [5.74, 6) is 1.10. The Labute approximate surface area is 110 Å². The van der Waals surface area contributed by atoms with Gasteiger partial charge in [0.05, 0.1) is 0 Å². The zero-order valence-corrected chi connectivity index (χ0v) is 11.1. The lowest BCUT2D eigenvalue weighted by atomic mass is 9.65. The van der Waals surface area contributed by atoms with Crippen LogP contribution in [0.1, 0.15) is 37.3 Å². The Morgan fingerprint density at radius 2 is 1.78 bits per heavy atom. The first kappa shape index (κ1) is 11.5. The first-order chi connectivity index (χ1) is 8.75. The largest absolute Gasteiger partial charge is 0.0770 e.